The van der Waals surface area contributed by atoms with Gasteiger partial charge < -0.3 is 15.0 Å². The highest BCUT2D eigenvalue weighted by atomic mass is 16.5. The molecule has 3 aromatic rings. The Kier molecular flexibility index (Phi) is 7.18. The molecular weight excluding hydrogens is 400 g/mol. The number of anilines is 1. The number of amides is 2. The van der Waals surface area contributed by atoms with Gasteiger partial charge in [-0.25, -0.2) is 0 Å². The van der Waals surface area contributed by atoms with Gasteiger partial charge in [0.2, 0.25) is 5.91 Å². The van der Waals surface area contributed by atoms with Gasteiger partial charge in [-0.3, -0.25) is 9.59 Å². The molecule has 0 atom stereocenters. The molecule has 5 nitrogen and oxygen atoms in total. The van der Waals surface area contributed by atoms with Crippen LogP contribution in [0.1, 0.15) is 24.0 Å². The third kappa shape index (κ3) is 6.45. The van der Waals surface area contributed by atoms with Gasteiger partial charge in [-0.1, -0.05) is 60.7 Å². The average Bonchev–Trinajstić information content (AvgIpc) is 3.68. The number of hydrogen-bond donors (Lipinski definition) is 1. The van der Waals surface area contributed by atoms with Gasteiger partial charge in [-0.15, -0.1) is 0 Å². The highest BCUT2D eigenvalue weighted by Gasteiger charge is 2.29. The molecule has 1 N–H and O–H groups in total. The second kappa shape index (κ2) is 10.6. The Balaban J connectivity index is 1.33. The summed E-state index contributed by atoms with van der Waals surface area (Å²) in [6, 6.07) is 27.3. The summed E-state index contributed by atoms with van der Waals surface area (Å²) in [6.07, 6.45) is 2.73. The largest absolute Gasteiger partial charge is 0.484 e. The van der Waals surface area contributed by atoms with Gasteiger partial charge in [0.1, 0.15) is 5.75 Å². The minimum absolute atomic E-state index is 0.0323. The number of hydrogen-bond acceptors (Lipinski definition) is 3. The smallest absolute Gasteiger partial charge is 0.260 e. The van der Waals surface area contributed by atoms with Crippen molar-refractivity contribution < 1.29 is 14.3 Å². The molecule has 1 saturated carbocycles. The lowest BCUT2D eigenvalue weighted by Gasteiger charge is -2.23. The lowest BCUT2D eigenvalue weighted by molar-refractivity contribution is -0.134. The van der Waals surface area contributed by atoms with Crippen molar-refractivity contribution in [2.45, 2.75) is 25.8 Å². The van der Waals surface area contributed by atoms with Crippen LogP contribution >= 0.6 is 0 Å². The first-order valence-electron chi connectivity index (χ1n) is 11.1. The molecule has 0 radical (unpaired) electrons. The van der Waals surface area contributed by atoms with E-state index in [9.17, 15) is 9.59 Å². The summed E-state index contributed by atoms with van der Waals surface area (Å²) in [5.41, 5.74) is 3.03. The van der Waals surface area contributed by atoms with Gasteiger partial charge in [0.25, 0.3) is 5.91 Å². The van der Waals surface area contributed by atoms with Gasteiger partial charge in [0.15, 0.2) is 6.61 Å². The van der Waals surface area contributed by atoms with Crippen molar-refractivity contribution in [2.75, 3.05) is 18.5 Å². The molecule has 1 aliphatic rings. The fraction of sp³-hybridized carbons (Fsp3) is 0.259. The summed E-state index contributed by atoms with van der Waals surface area (Å²) >= 11 is 0. The fourth-order valence-electron chi connectivity index (χ4n) is 3.47. The summed E-state index contributed by atoms with van der Waals surface area (Å²) in [5, 5.41) is 2.90. The van der Waals surface area contributed by atoms with E-state index in [1.165, 1.54) is 5.56 Å². The first-order chi connectivity index (χ1) is 15.7. The van der Waals surface area contributed by atoms with Crippen LogP contribution in [-0.4, -0.2) is 29.9 Å². The molecule has 5 heteroatoms. The lowest BCUT2D eigenvalue weighted by atomic mass is 10.1. The zero-order valence-corrected chi connectivity index (χ0v) is 18.1. The molecular formula is C27H28N2O3. The van der Waals surface area contributed by atoms with Crippen LogP contribution in [0.3, 0.4) is 0 Å². The van der Waals surface area contributed by atoms with E-state index >= 15 is 0 Å². The van der Waals surface area contributed by atoms with Crippen LogP contribution in [0, 0.1) is 5.92 Å². The standard InChI is InChI=1S/C27H28N2O3/c30-26(20-32-25-15-13-24(14-16-25)28-27(31)23-11-12-23)29(19-22-9-5-2-6-10-22)18-17-21-7-3-1-4-8-21/h1-10,13-16,23H,11-12,17-20H2,(H,28,31). The Morgan fingerprint density at radius 1 is 0.844 bits per heavy atom. The fourth-order valence-corrected chi connectivity index (χ4v) is 3.47. The molecule has 2 amide bonds. The van der Waals surface area contributed by atoms with Gasteiger partial charge in [0, 0.05) is 24.7 Å². The van der Waals surface area contributed by atoms with Crippen LogP contribution in [-0.2, 0) is 22.6 Å². The zero-order chi connectivity index (χ0) is 22.2. The third-order valence-electron chi connectivity index (χ3n) is 5.51. The van der Waals surface area contributed by atoms with Crippen LogP contribution < -0.4 is 10.1 Å². The quantitative estimate of drug-likeness (QED) is 0.510. The molecule has 0 saturated heterocycles. The predicted octanol–water partition coefficient (Wildman–Crippen LogP) is 4.69. The van der Waals surface area contributed by atoms with Gasteiger partial charge in [-0.2, -0.15) is 0 Å². The maximum absolute atomic E-state index is 13.0. The Hall–Kier alpha value is -3.60. The molecule has 4 rings (SSSR count). The maximum atomic E-state index is 13.0. The Labute approximate surface area is 189 Å². The van der Waals surface area contributed by atoms with Gasteiger partial charge >= 0.3 is 0 Å². The minimum Gasteiger partial charge on any atom is -0.484 e. The minimum atomic E-state index is -0.0594. The molecule has 1 aliphatic carbocycles. The molecule has 3 aromatic carbocycles. The SMILES string of the molecule is O=C(Nc1ccc(OCC(=O)N(CCc2ccccc2)Cc2ccccc2)cc1)C1CC1. The van der Waals surface area contributed by atoms with E-state index in [2.05, 4.69) is 17.4 Å². The maximum Gasteiger partial charge on any atom is 0.260 e. The van der Waals surface area contributed by atoms with E-state index in [1.807, 2.05) is 53.4 Å². The van der Waals surface area contributed by atoms with Gasteiger partial charge in [0.05, 0.1) is 0 Å². The van der Waals surface area contributed by atoms with Crippen LogP contribution in [0.2, 0.25) is 0 Å². The van der Waals surface area contributed by atoms with Crippen LogP contribution in [0.25, 0.3) is 0 Å². The van der Waals surface area contributed by atoms with Crippen molar-refractivity contribution in [1.29, 1.82) is 0 Å². The average molecular weight is 429 g/mol. The van der Waals surface area contributed by atoms with Crippen LogP contribution in [0.5, 0.6) is 5.75 Å². The third-order valence-corrected chi connectivity index (χ3v) is 5.51. The van der Waals surface area contributed by atoms with E-state index in [-0.39, 0.29) is 24.3 Å². The first kappa shape index (κ1) is 21.6. The first-order valence-corrected chi connectivity index (χ1v) is 11.1. The molecule has 0 heterocycles. The number of nitrogens with one attached hydrogen (secondary N) is 1. The van der Waals surface area contributed by atoms with Gasteiger partial charge in [-0.05, 0) is 54.7 Å². The van der Waals surface area contributed by atoms with E-state index in [0.29, 0.717) is 18.8 Å². The molecule has 164 valence electrons. The van der Waals surface area contributed by atoms with Crippen molar-refractivity contribution in [1.82, 2.24) is 4.90 Å². The van der Waals surface area contributed by atoms with E-state index in [4.69, 9.17) is 4.74 Å². The number of carbonyl (C=O) groups excluding carboxylic acids is 2. The summed E-state index contributed by atoms with van der Waals surface area (Å²) in [7, 11) is 0. The van der Waals surface area contributed by atoms with Crippen LogP contribution in [0.4, 0.5) is 5.69 Å². The summed E-state index contributed by atoms with van der Waals surface area (Å²) in [5.74, 6) is 0.778. The number of rotatable bonds is 10. The number of benzene rings is 3. The number of nitrogens with zero attached hydrogens (tertiary/aromatic N) is 1. The number of carbonyl (C=O) groups is 2. The second-order valence-electron chi connectivity index (χ2n) is 8.11. The monoisotopic (exact) mass is 428 g/mol. The van der Waals surface area contributed by atoms with E-state index < -0.39 is 0 Å². The molecule has 0 aliphatic heterocycles. The number of ether oxygens (including phenoxy) is 1. The van der Waals surface area contributed by atoms with E-state index in [0.717, 1.165) is 30.5 Å². The van der Waals surface area contributed by atoms with Crippen molar-refractivity contribution >= 4 is 17.5 Å². The van der Waals surface area contributed by atoms with Crippen LogP contribution in [0.15, 0.2) is 84.9 Å². The molecule has 0 aromatic heterocycles. The molecule has 0 spiro atoms. The topological polar surface area (TPSA) is 58.6 Å². The molecule has 0 bridgehead atoms. The Morgan fingerprint density at radius 3 is 2.09 bits per heavy atom. The highest BCUT2D eigenvalue weighted by molar-refractivity contribution is 5.94. The van der Waals surface area contributed by atoms with E-state index in [1.54, 1.807) is 24.3 Å². The zero-order valence-electron chi connectivity index (χ0n) is 18.1. The van der Waals surface area contributed by atoms with Crippen molar-refractivity contribution in [3.63, 3.8) is 0 Å². The molecule has 0 unspecified atom stereocenters. The lowest BCUT2D eigenvalue weighted by Crippen LogP contribution is -2.36. The van der Waals surface area contributed by atoms with Crippen molar-refractivity contribution in [3.05, 3.63) is 96.1 Å². The predicted molar refractivity (Wildman–Crippen MR) is 125 cm³/mol. The van der Waals surface area contributed by atoms with Crippen molar-refractivity contribution in [2.24, 2.45) is 5.92 Å². The second-order valence-corrected chi connectivity index (χ2v) is 8.11. The summed E-state index contributed by atoms with van der Waals surface area (Å²) in [4.78, 5) is 26.7. The highest BCUT2D eigenvalue weighted by Crippen LogP contribution is 2.30. The summed E-state index contributed by atoms with van der Waals surface area (Å²) in [6.45, 7) is 1.13. The Bertz CT molecular complexity index is 1020. The summed E-state index contributed by atoms with van der Waals surface area (Å²) < 4.78 is 5.75. The van der Waals surface area contributed by atoms with Crippen molar-refractivity contribution in [3.8, 4) is 5.75 Å². The normalized spacial score (nSPS) is 12.8. The molecule has 32 heavy (non-hydrogen) atoms. The molecule has 1 fully saturated rings. The Morgan fingerprint density at radius 2 is 1.47 bits per heavy atom.